The Morgan fingerprint density at radius 1 is 1.06 bits per heavy atom. The molecule has 1 aliphatic rings. The second kappa shape index (κ2) is 7.34. The summed E-state index contributed by atoms with van der Waals surface area (Å²) in [6.45, 7) is 3.65. The first kappa shape index (κ1) is 14.9. The van der Waals surface area contributed by atoms with Crippen molar-refractivity contribution < 1.29 is 0 Å². The summed E-state index contributed by atoms with van der Waals surface area (Å²) in [7, 11) is 8.78. The average molecular weight is 241 g/mol. The summed E-state index contributed by atoms with van der Waals surface area (Å²) in [6, 6.07) is 0. The highest BCUT2D eigenvalue weighted by atomic mass is 15.2. The largest absolute Gasteiger partial charge is 0.320 e. The molecule has 0 aromatic carbocycles. The SMILES string of the molecule is CNCCCCCN(C)CC1(N(C)C)CCC1. The lowest BCUT2D eigenvalue weighted by Crippen LogP contribution is -2.56. The van der Waals surface area contributed by atoms with Crippen LogP contribution in [-0.2, 0) is 0 Å². The topological polar surface area (TPSA) is 18.5 Å². The standard InChI is InChI=1S/C14H31N3/c1-15-11-6-5-7-12-17(4)13-14(16(2)3)9-8-10-14/h15H,5-13H2,1-4H3. The first-order valence-corrected chi connectivity index (χ1v) is 7.11. The summed E-state index contributed by atoms with van der Waals surface area (Å²) in [4.78, 5) is 4.96. The summed E-state index contributed by atoms with van der Waals surface area (Å²) in [5.41, 5.74) is 0.486. The van der Waals surface area contributed by atoms with E-state index in [0.717, 1.165) is 6.54 Å². The molecule has 3 heteroatoms. The van der Waals surface area contributed by atoms with Gasteiger partial charge in [-0.05, 0) is 73.4 Å². The van der Waals surface area contributed by atoms with E-state index < -0.39 is 0 Å². The Kier molecular flexibility index (Phi) is 6.45. The Balaban J connectivity index is 2.13. The van der Waals surface area contributed by atoms with Gasteiger partial charge in [-0.2, -0.15) is 0 Å². The number of nitrogens with zero attached hydrogens (tertiary/aromatic N) is 2. The molecule has 17 heavy (non-hydrogen) atoms. The Morgan fingerprint density at radius 2 is 1.76 bits per heavy atom. The van der Waals surface area contributed by atoms with Gasteiger partial charge in [-0.25, -0.2) is 0 Å². The van der Waals surface area contributed by atoms with Crippen LogP contribution < -0.4 is 5.32 Å². The van der Waals surface area contributed by atoms with Gasteiger partial charge in [-0.1, -0.05) is 6.42 Å². The summed E-state index contributed by atoms with van der Waals surface area (Å²) in [6.07, 6.45) is 8.16. The lowest BCUT2D eigenvalue weighted by molar-refractivity contribution is 0.0275. The molecule has 1 aliphatic carbocycles. The number of likely N-dealkylation sites (N-methyl/N-ethyl adjacent to an activating group) is 2. The molecule has 1 fully saturated rings. The summed E-state index contributed by atoms with van der Waals surface area (Å²) < 4.78 is 0. The third-order valence-corrected chi connectivity index (χ3v) is 4.26. The maximum atomic E-state index is 3.21. The average Bonchev–Trinajstić information content (AvgIpc) is 2.22. The zero-order valence-electron chi connectivity index (χ0n) is 12.3. The monoisotopic (exact) mass is 241 g/mol. The summed E-state index contributed by atoms with van der Waals surface area (Å²) in [5, 5.41) is 3.21. The molecule has 1 N–H and O–H groups in total. The second-order valence-corrected chi connectivity index (χ2v) is 5.87. The Hall–Kier alpha value is -0.120. The van der Waals surface area contributed by atoms with Crippen LogP contribution in [0.1, 0.15) is 38.5 Å². The summed E-state index contributed by atoms with van der Waals surface area (Å²) in [5.74, 6) is 0. The molecule has 0 aromatic heterocycles. The number of hydrogen-bond donors (Lipinski definition) is 1. The molecule has 0 amide bonds. The molecular weight excluding hydrogens is 210 g/mol. The molecule has 0 heterocycles. The molecule has 3 nitrogen and oxygen atoms in total. The fourth-order valence-corrected chi connectivity index (χ4v) is 2.77. The van der Waals surface area contributed by atoms with Crippen molar-refractivity contribution in [2.24, 2.45) is 0 Å². The predicted molar refractivity (Wildman–Crippen MR) is 75.5 cm³/mol. The third kappa shape index (κ3) is 4.57. The van der Waals surface area contributed by atoms with E-state index in [4.69, 9.17) is 0 Å². The van der Waals surface area contributed by atoms with Crippen molar-refractivity contribution in [1.82, 2.24) is 15.1 Å². The molecule has 0 atom stereocenters. The van der Waals surface area contributed by atoms with Crippen LogP contribution in [0.2, 0.25) is 0 Å². The molecular formula is C14H31N3. The predicted octanol–water partition coefficient (Wildman–Crippen LogP) is 1.79. The number of hydrogen-bond acceptors (Lipinski definition) is 3. The van der Waals surface area contributed by atoms with Crippen molar-refractivity contribution in [2.45, 2.75) is 44.1 Å². The molecule has 1 saturated carbocycles. The number of rotatable bonds is 9. The van der Waals surface area contributed by atoms with Gasteiger partial charge < -0.3 is 15.1 Å². The van der Waals surface area contributed by atoms with Gasteiger partial charge in [0.15, 0.2) is 0 Å². The zero-order chi connectivity index (χ0) is 12.7. The lowest BCUT2D eigenvalue weighted by Gasteiger charge is -2.49. The first-order valence-electron chi connectivity index (χ1n) is 7.11. The van der Waals surface area contributed by atoms with Crippen LogP contribution >= 0.6 is 0 Å². The van der Waals surface area contributed by atoms with Gasteiger partial charge in [0.2, 0.25) is 0 Å². The lowest BCUT2D eigenvalue weighted by atomic mass is 9.75. The Bertz CT molecular complexity index is 200. The van der Waals surface area contributed by atoms with Crippen molar-refractivity contribution in [2.75, 3.05) is 47.8 Å². The van der Waals surface area contributed by atoms with Gasteiger partial charge in [0.05, 0.1) is 0 Å². The zero-order valence-corrected chi connectivity index (χ0v) is 12.3. The highest BCUT2D eigenvalue weighted by Crippen LogP contribution is 2.36. The molecule has 0 aromatic rings. The smallest absolute Gasteiger partial charge is 0.0330 e. The van der Waals surface area contributed by atoms with Crippen LogP contribution in [0.15, 0.2) is 0 Å². The molecule has 0 spiro atoms. The van der Waals surface area contributed by atoms with Crippen molar-refractivity contribution in [3.63, 3.8) is 0 Å². The van der Waals surface area contributed by atoms with Crippen LogP contribution in [-0.4, -0.2) is 63.2 Å². The van der Waals surface area contributed by atoms with E-state index in [0.29, 0.717) is 5.54 Å². The highest BCUT2D eigenvalue weighted by Gasteiger charge is 2.39. The van der Waals surface area contributed by atoms with Gasteiger partial charge in [0.1, 0.15) is 0 Å². The van der Waals surface area contributed by atoms with Crippen LogP contribution in [0.25, 0.3) is 0 Å². The first-order chi connectivity index (χ1) is 8.10. The van der Waals surface area contributed by atoms with Gasteiger partial charge >= 0.3 is 0 Å². The van der Waals surface area contributed by atoms with Crippen LogP contribution in [0.4, 0.5) is 0 Å². The second-order valence-electron chi connectivity index (χ2n) is 5.87. The van der Waals surface area contributed by atoms with E-state index in [2.05, 4.69) is 36.3 Å². The van der Waals surface area contributed by atoms with E-state index in [1.807, 2.05) is 7.05 Å². The van der Waals surface area contributed by atoms with Gasteiger partial charge in [0.25, 0.3) is 0 Å². The Morgan fingerprint density at radius 3 is 2.24 bits per heavy atom. The summed E-state index contributed by atoms with van der Waals surface area (Å²) >= 11 is 0. The minimum atomic E-state index is 0.486. The molecule has 0 bridgehead atoms. The maximum Gasteiger partial charge on any atom is 0.0330 e. The van der Waals surface area contributed by atoms with E-state index >= 15 is 0 Å². The normalized spacial score (nSPS) is 18.7. The van der Waals surface area contributed by atoms with Crippen molar-refractivity contribution >= 4 is 0 Å². The molecule has 102 valence electrons. The molecule has 1 rings (SSSR count). The van der Waals surface area contributed by atoms with Crippen molar-refractivity contribution in [3.05, 3.63) is 0 Å². The van der Waals surface area contributed by atoms with E-state index in [1.165, 1.54) is 51.6 Å². The van der Waals surface area contributed by atoms with E-state index in [1.54, 1.807) is 0 Å². The fourth-order valence-electron chi connectivity index (χ4n) is 2.77. The van der Waals surface area contributed by atoms with E-state index in [9.17, 15) is 0 Å². The maximum absolute atomic E-state index is 3.21. The highest BCUT2D eigenvalue weighted by molar-refractivity contribution is 4.97. The van der Waals surface area contributed by atoms with Crippen molar-refractivity contribution in [3.8, 4) is 0 Å². The van der Waals surface area contributed by atoms with Crippen molar-refractivity contribution in [1.29, 1.82) is 0 Å². The number of nitrogens with one attached hydrogen (secondary N) is 1. The molecule has 0 radical (unpaired) electrons. The molecule has 0 aliphatic heterocycles. The van der Waals surface area contributed by atoms with Crippen LogP contribution in [0.5, 0.6) is 0 Å². The van der Waals surface area contributed by atoms with Crippen LogP contribution in [0.3, 0.4) is 0 Å². The molecule has 0 unspecified atom stereocenters. The minimum Gasteiger partial charge on any atom is -0.320 e. The quantitative estimate of drug-likeness (QED) is 0.621. The minimum absolute atomic E-state index is 0.486. The molecule has 0 saturated heterocycles. The van der Waals surface area contributed by atoms with E-state index in [-0.39, 0.29) is 0 Å². The van der Waals surface area contributed by atoms with Gasteiger partial charge in [-0.15, -0.1) is 0 Å². The van der Waals surface area contributed by atoms with Gasteiger partial charge in [-0.3, -0.25) is 0 Å². The van der Waals surface area contributed by atoms with Crippen LogP contribution in [0, 0.1) is 0 Å². The van der Waals surface area contributed by atoms with Gasteiger partial charge in [0, 0.05) is 12.1 Å². The third-order valence-electron chi connectivity index (χ3n) is 4.26. The Labute approximate surface area is 108 Å². The number of unbranched alkanes of at least 4 members (excludes halogenated alkanes) is 2. The fraction of sp³-hybridized carbons (Fsp3) is 1.00.